The Labute approximate surface area is 123 Å². The smallest absolute Gasteiger partial charge is 0.0119 e. The summed E-state index contributed by atoms with van der Waals surface area (Å²) in [7, 11) is 0. The highest BCUT2D eigenvalue weighted by Gasteiger charge is 2.23. The molecule has 0 aliphatic rings. The van der Waals surface area contributed by atoms with Crippen LogP contribution in [0.1, 0.15) is 39.7 Å². The van der Waals surface area contributed by atoms with E-state index in [1.807, 2.05) is 0 Å². The fraction of sp³-hybridized carbons (Fsp3) is 0.474. The molecule has 0 spiro atoms. The van der Waals surface area contributed by atoms with E-state index in [1.165, 1.54) is 22.8 Å². The van der Waals surface area contributed by atoms with Crippen molar-refractivity contribution in [1.82, 2.24) is 5.32 Å². The van der Waals surface area contributed by atoms with Crippen molar-refractivity contribution >= 4 is 10.8 Å². The molecule has 0 aliphatic heterocycles. The van der Waals surface area contributed by atoms with Gasteiger partial charge >= 0.3 is 0 Å². The third kappa shape index (κ3) is 3.61. The van der Waals surface area contributed by atoms with Crippen molar-refractivity contribution in [1.29, 1.82) is 0 Å². The van der Waals surface area contributed by atoms with Gasteiger partial charge in [0.05, 0.1) is 0 Å². The van der Waals surface area contributed by atoms with E-state index < -0.39 is 0 Å². The van der Waals surface area contributed by atoms with Crippen molar-refractivity contribution < 1.29 is 0 Å². The van der Waals surface area contributed by atoms with E-state index in [2.05, 4.69) is 75.5 Å². The van der Waals surface area contributed by atoms with Crippen LogP contribution in [0.25, 0.3) is 10.8 Å². The Kier molecular flexibility index (Phi) is 4.82. The van der Waals surface area contributed by atoms with Gasteiger partial charge in [0.15, 0.2) is 0 Å². The van der Waals surface area contributed by atoms with Gasteiger partial charge in [-0.05, 0) is 41.1 Å². The molecule has 0 saturated carbocycles. The highest BCUT2D eigenvalue weighted by atomic mass is 14.9. The number of hydrogen-bond acceptors (Lipinski definition) is 1. The molecule has 0 fully saturated rings. The van der Waals surface area contributed by atoms with Gasteiger partial charge in [-0.25, -0.2) is 0 Å². The van der Waals surface area contributed by atoms with Gasteiger partial charge in [0.1, 0.15) is 0 Å². The summed E-state index contributed by atoms with van der Waals surface area (Å²) in [6, 6.07) is 15.9. The SMILES string of the molecule is CCNC(CCc1cccc2ccccc12)C(C)(C)C. The number of aryl methyl sites for hydroxylation is 1. The van der Waals surface area contributed by atoms with Crippen molar-refractivity contribution in [2.75, 3.05) is 6.54 Å². The van der Waals surface area contributed by atoms with Gasteiger partial charge in [0.25, 0.3) is 0 Å². The van der Waals surface area contributed by atoms with Crippen molar-refractivity contribution in [3.05, 3.63) is 48.0 Å². The number of benzene rings is 2. The van der Waals surface area contributed by atoms with Crippen LogP contribution in [0.2, 0.25) is 0 Å². The fourth-order valence-corrected chi connectivity index (χ4v) is 2.90. The minimum Gasteiger partial charge on any atom is -0.314 e. The Bertz CT molecular complexity index is 546. The number of nitrogens with one attached hydrogen (secondary N) is 1. The third-order valence-corrected chi connectivity index (χ3v) is 4.08. The van der Waals surface area contributed by atoms with E-state index >= 15 is 0 Å². The summed E-state index contributed by atoms with van der Waals surface area (Å²) >= 11 is 0. The molecule has 1 N–H and O–H groups in total. The van der Waals surface area contributed by atoms with Gasteiger partial charge in [-0.2, -0.15) is 0 Å². The molecule has 1 nitrogen and oxygen atoms in total. The Morgan fingerprint density at radius 3 is 2.40 bits per heavy atom. The molecule has 1 atom stereocenters. The predicted octanol–water partition coefficient (Wildman–Crippen LogP) is 4.80. The lowest BCUT2D eigenvalue weighted by molar-refractivity contribution is 0.258. The summed E-state index contributed by atoms with van der Waals surface area (Å²) in [6.07, 6.45) is 2.32. The maximum absolute atomic E-state index is 3.64. The topological polar surface area (TPSA) is 12.0 Å². The highest BCUT2D eigenvalue weighted by Crippen LogP contribution is 2.25. The monoisotopic (exact) mass is 269 g/mol. The summed E-state index contributed by atoms with van der Waals surface area (Å²) in [5.41, 5.74) is 1.77. The molecule has 0 heterocycles. The van der Waals surface area contributed by atoms with E-state index in [4.69, 9.17) is 0 Å². The Morgan fingerprint density at radius 1 is 1.00 bits per heavy atom. The first kappa shape index (κ1) is 15.1. The molecule has 1 unspecified atom stereocenters. The van der Waals surface area contributed by atoms with E-state index in [0.717, 1.165) is 13.0 Å². The van der Waals surface area contributed by atoms with Crippen LogP contribution in [0.15, 0.2) is 42.5 Å². The van der Waals surface area contributed by atoms with Crippen LogP contribution in [-0.4, -0.2) is 12.6 Å². The quantitative estimate of drug-likeness (QED) is 0.822. The van der Waals surface area contributed by atoms with Gasteiger partial charge in [-0.1, -0.05) is 70.2 Å². The first-order valence-electron chi connectivity index (χ1n) is 7.72. The molecular formula is C19H27N. The number of hydrogen-bond donors (Lipinski definition) is 1. The van der Waals surface area contributed by atoms with E-state index in [-0.39, 0.29) is 0 Å². The van der Waals surface area contributed by atoms with Gasteiger partial charge in [0, 0.05) is 6.04 Å². The molecule has 0 bridgehead atoms. The summed E-state index contributed by atoms with van der Waals surface area (Å²) in [5.74, 6) is 0. The number of rotatable bonds is 5. The van der Waals surface area contributed by atoms with Gasteiger partial charge in [-0.3, -0.25) is 0 Å². The highest BCUT2D eigenvalue weighted by molar-refractivity contribution is 5.85. The molecule has 2 aromatic rings. The molecule has 20 heavy (non-hydrogen) atoms. The van der Waals surface area contributed by atoms with Crippen LogP contribution in [0, 0.1) is 5.41 Å². The molecular weight excluding hydrogens is 242 g/mol. The average Bonchev–Trinajstić information content (AvgIpc) is 2.42. The van der Waals surface area contributed by atoms with Crippen LogP contribution >= 0.6 is 0 Å². The standard InChI is InChI=1S/C19H27N/c1-5-20-18(19(2,3)4)14-13-16-11-8-10-15-9-6-7-12-17(15)16/h6-12,18,20H,5,13-14H2,1-4H3. The van der Waals surface area contributed by atoms with Crippen molar-refractivity contribution in [3.8, 4) is 0 Å². The summed E-state index contributed by atoms with van der Waals surface area (Å²) in [6.45, 7) is 10.2. The largest absolute Gasteiger partial charge is 0.314 e. The second-order valence-corrected chi connectivity index (χ2v) is 6.65. The zero-order valence-corrected chi connectivity index (χ0v) is 13.2. The van der Waals surface area contributed by atoms with Crippen LogP contribution in [0.3, 0.4) is 0 Å². The normalized spacial score (nSPS) is 13.6. The second-order valence-electron chi connectivity index (χ2n) is 6.65. The Balaban J connectivity index is 2.16. The average molecular weight is 269 g/mol. The van der Waals surface area contributed by atoms with Crippen molar-refractivity contribution in [3.63, 3.8) is 0 Å². The maximum Gasteiger partial charge on any atom is 0.0119 e. The molecule has 2 rings (SSSR count). The number of fused-ring (bicyclic) bond motifs is 1. The minimum atomic E-state index is 0.306. The zero-order valence-electron chi connectivity index (χ0n) is 13.2. The lowest BCUT2D eigenvalue weighted by Gasteiger charge is -2.31. The van der Waals surface area contributed by atoms with Crippen LogP contribution in [-0.2, 0) is 6.42 Å². The molecule has 0 amide bonds. The fourth-order valence-electron chi connectivity index (χ4n) is 2.90. The van der Waals surface area contributed by atoms with Crippen LogP contribution in [0.4, 0.5) is 0 Å². The summed E-state index contributed by atoms with van der Waals surface area (Å²) in [5, 5.41) is 6.39. The van der Waals surface area contributed by atoms with E-state index in [9.17, 15) is 0 Å². The van der Waals surface area contributed by atoms with Gasteiger partial charge < -0.3 is 5.32 Å². The first-order valence-corrected chi connectivity index (χ1v) is 7.72. The molecule has 2 aromatic carbocycles. The Morgan fingerprint density at radius 2 is 1.70 bits per heavy atom. The lowest BCUT2D eigenvalue weighted by Crippen LogP contribution is -2.40. The molecule has 0 radical (unpaired) electrons. The minimum absolute atomic E-state index is 0.306. The second kappa shape index (κ2) is 6.41. The molecule has 0 aliphatic carbocycles. The molecule has 0 saturated heterocycles. The van der Waals surface area contributed by atoms with Gasteiger partial charge in [0.2, 0.25) is 0 Å². The molecule has 108 valence electrons. The zero-order chi connectivity index (χ0) is 14.6. The predicted molar refractivity (Wildman–Crippen MR) is 89.2 cm³/mol. The van der Waals surface area contributed by atoms with Crippen molar-refractivity contribution in [2.24, 2.45) is 5.41 Å². The Hall–Kier alpha value is -1.34. The summed E-state index contributed by atoms with van der Waals surface area (Å²) in [4.78, 5) is 0. The summed E-state index contributed by atoms with van der Waals surface area (Å²) < 4.78 is 0. The van der Waals surface area contributed by atoms with Crippen molar-refractivity contribution in [2.45, 2.75) is 46.6 Å². The maximum atomic E-state index is 3.64. The van der Waals surface area contributed by atoms with Crippen LogP contribution in [0.5, 0.6) is 0 Å². The third-order valence-electron chi connectivity index (χ3n) is 4.08. The van der Waals surface area contributed by atoms with E-state index in [1.54, 1.807) is 0 Å². The van der Waals surface area contributed by atoms with E-state index in [0.29, 0.717) is 11.5 Å². The lowest BCUT2D eigenvalue weighted by atomic mass is 9.83. The molecule has 0 aromatic heterocycles. The first-order chi connectivity index (χ1) is 9.52. The molecule has 1 heteroatoms. The van der Waals surface area contributed by atoms with Crippen LogP contribution < -0.4 is 5.32 Å². The van der Waals surface area contributed by atoms with Gasteiger partial charge in [-0.15, -0.1) is 0 Å².